The number of nitrogens with zero attached hydrogens (tertiary/aromatic N) is 3. The van der Waals surface area contributed by atoms with Crippen molar-refractivity contribution >= 4 is 11.6 Å². The van der Waals surface area contributed by atoms with Gasteiger partial charge in [-0.05, 0) is 51.7 Å². The van der Waals surface area contributed by atoms with Crippen LogP contribution in [-0.2, 0) is 6.42 Å². The molecule has 1 saturated heterocycles. The minimum atomic E-state index is 0.444. The van der Waals surface area contributed by atoms with E-state index < -0.39 is 0 Å². The smallest absolute Gasteiger partial charge is 0.191 e. The van der Waals surface area contributed by atoms with Gasteiger partial charge in [0.05, 0.1) is 0 Å². The van der Waals surface area contributed by atoms with Crippen LogP contribution < -0.4 is 15.5 Å². The molecule has 0 aliphatic carbocycles. The number of nitrogens with one attached hydrogen (secondary N) is 2. The van der Waals surface area contributed by atoms with Crippen LogP contribution in [0.1, 0.15) is 39.2 Å². The molecule has 5 heteroatoms. The maximum Gasteiger partial charge on any atom is 0.191 e. The predicted octanol–water partition coefficient (Wildman–Crippen LogP) is 2.48. The molecule has 0 amide bonds. The molecule has 144 valence electrons. The summed E-state index contributed by atoms with van der Waals surface area (Å²) < 4.78 is 0. The van der Waals surface area contributed by atoms with Crippen molar-refractivity contribution in [1.29, 1.82) is 0 Å². The fourth-order valence-corrected chi connectivity index (χ4v) is 4.12. The molecule has 2 aliphatic rings. The molecular formula is C21H35N5. The molecule has 1 fully saturated rings. The van der Waals surface area contributed by atoms with Gasteiger partial charge in [-0.15, -0.1) is 0 Å². The second-order valence-corrected chi connectivity index (χ2v) is 7.92. The van der Waals surface area contributed by atoms with Gasteiger partial charge >= 0.3 is 0 Å². The first-order valence-electron chi connectivity index (χ1n) is 10.1. The first-order valence-corrected chi connectivity index (χ1v) is 10.1. The minimum absolute atomic E-state index is 0.444. The summed E-state index contributed by atoms with van der Waals surface area (Å²) in [7, 11) is 1.87. The van der Waals surface area contributed by atoms with Crippen molar-refractivity contribution in [3.05, 3.63) is 29.8 Å². The van der Waals surface area contributed by atoms with Crippen LogP contribution in [0.25, 0.3) is 0 Å². The van der Waals surface area contributed by atoms with Gasteiger partial charge in [0, 0.05) is 57.0 Å². The maximum atomic E-state index is 4.44. The Hall–Kier alpha value is -1.75. The summed E-state index contributed by atoms with van der Waals surface area (Å²) in [5, 5.41) is 7.17. The lowest BCUT2D eigenvalue weighted by molar-refractivity contribution is 0.167. The Kier molecular flexibility index (Phi) is 6.41. The number of benzene rings is 1. The zero-order valence-corrected chi connectivity index (χ0v) is 16.8. The molecule has 0 aromatic heterocycles. The van der Waals surface area contributed by atoms with Crippen LogP contribution >= 0.6 is 0 Å². The fourth-order valence-electron chi connectivity index (χ4n) is 4.12. The highest BCUT2D eigenvalue weighted by Crippen LogP contribution is 2.28. The lowest BCUT2D eigenvalue weighted by atomic mass is 10.0. The summed E-state index contributed by atoms with van der Waals surface area (Å²) >= 11 is 0. The van der Waals surface area contributed by atoms with E-state index in [2.05, 4.69) is 70.5 Å². The highest BCUT2D eigenvalue weighted by Gasteiger charge is 2.24. The Morgan fingerprint density at radius 2 is 1.88 bits per heavy atom. The van der Waals surface area contributed by atoms with Gasteiger partial charge in [-0.3, -0.25) is 4.99 Å². The van der Waals surface area contributed by atoms with E-state index in [-0.39, 0.29) is 0 Å². The number of anilines is 1. The molecule has 1 aromatic carbocycles. The molecule has 5 nitrogen and oxygen atoms in total. The highest BCUT2D eigenvalue weighted by molar-refractivity contribution is 5.80. The lowest BCUT2D eigenvalue weighted by Gasteiger charge is -2.35. The highest BCUT2D eigenvalue weighted by atomic mass is 15.2. The number of guanidine groups is 1. The van der Waals surface area contributed by atoms with Crippen LogP contribution in [0.4, 0.5) is 5.69 Å². The third-order valence-electron chi connectivity index (χ3n) is 5.84. The number of likely N-dealkylation sites (tertiary alicyclic amines) is 1. The summed E-state index contributed by atoms with van der Waals surface area (Å²) in [6.45, 7) is 11.2. The van der Waals surface area contributed by atoms with Gasteiger partial charge in [0.15, 0.2) is 5.96 Å². The number of rotatable bonds is 5. The van der Waals surface area contributed by atoms with Gasteiger partial charge in [0.25, 0.3) is 0 Å². The maximum absolute atomic E-state index is 4.44. The van der Waals surface area contributed by atoms with Gasteiger partial charge in [-0.2, -0.15) is 0 Å². The van der Waals surface area contributed by atoms with Crippen LogP contribution in [0.3, 0.4) is 0 Å². The second kappa shape index (κ2) is 8.76. The van der Waals surface area contributed by atoms with Crippen molar-refractivity contribution < 1.29 is 0 Å². The number of hydrogen-bond acceptors (Lipinski definition) is 3. The quantitative estimate of drug-likeness (QED) is 0.628. The predicted molar refractivity (Wildman–Crippen MR) is 111 cm³/mol. The van der Waals surface area contributed by atoms with Gasteiger partial charge in [0.1, 0.15) is 0 Å². The summed E-state index contributed by atoms with van der Waals surface area (Å²) in [6, 6.07) is 10.4. The molecule has 26 heavy (non-hydrogen) atoms. The molecule has 2 N–H and O–H groups in total. The fraction of sp³-hybridized carbons (Fsp3) is 0.667. The largest absolute Gasteiger partial charge is 0.366 e. The van der Waals surface area contributed by atoms with E-state index in [0.717, 1.165) is 25.5 Å². The van der Waals surface area contributed by atoms with Gasteiger partial charge in [-0.25, -0.2) is 0 Å². The summed E-state index contributed by atoms with van der Waals surface area (Å²) in [5.74, 6) is 0.937. The molecule has 2 aliphatic heterocycles. The molecule has 0 spiro atoms. The van der Waals surface area contributed by atoms with Crippen molar-refractivity contribution in [2.75, 3.05) is 38.1 Å². The summed E-state index contributed by atoms with van der Waals surface area (Å²) in [4.78, 5) is 9.51. The SMILES string of the molecule is CN=C(NCC(C)N1CCc2ccccc21)NC1CCN(C(C)C)CC1. The first kappa shape index (κ1) is 19.0. The molecule has 1 unspecified atom stereocenters. The summed E-state index contributed by atoms with van der Waals surface area (Å²) in [6.07, 6.45) is 3.53. The van der Waals surface area contributed by atoms with Gasteiger partial charge in [-0.1, -0.05) is 18.2 Å². The standard InChI is InChI=1S/C21H35N5/c1-16(2)25-12-10-19(11-13-25)24-21(22-4)23-15-17(3)26-14-9-18-7-5-6-8-20(18)26/h5-8,16-17,19H,9-15H2,1-4H3,(H2,22,23,24). The molecule has 0 bridgehead atoms. The average molecular weight is 358 g/mol. The first-order chi connectivity index (χ1) is 12.6. The van der Waals surface area contributed by atoms with Crippen LogP contribution in [-0.4, -0.2) is 62.2 Å². The minimum Gasteiger partial charge on any atom is -0.366 e. The Balaban J connectivity index is 1.46. The van der Waals surface area contributed by atoms with E-state index in [1.54, 1.807) is 0 Å². The number of piperidine rings is 1. The Morgan fingerprint density at radius 3 is 2.58 bits per heavy atom. The van der Waals surface area contributed by atoms with Crippen molar-refractivity contribution in [3.8, 4) is 0 Å². The Bertz CT molecular complexity index is 604. The van der Waals surface area contributed by atoms with Crippen LogP contribution in [0.15, 0.2) is 29.3 Å². The van der Waals surface area contributed by atoms with Crippen LogP contribution in [0.5, 0.6) is 0 Å². The van der Waals surface area contributed by atoms with E-state index in [9.17, 15) is 0 Å². The second-order valence-electron chi connectivity index (χ2n) is 7.92. The van der Waals surface area contributed by atoms with Crippen molar-refractivity contribution in [2.24, 2.45) is 4.99 Å². The van der Waals surface area contributed by atoms with Crippen LogP contribution in [0, 0.1) is 0 Å². The van der Waals surface area contributed by atoms with E-state index in [0.29, 0.717) is 18.1 Å². The average Bonchev–Trinajstić information content (AvgIpc) is 3.09. The van der Waals surface area contributed by atoms with E-state index in [1.807, 2.05) is 7.05 Å². The van der Waals surface area contributed by atoms with Gasteiger partial charge < -0.3 is 20.4 Å². The Labute approximate surface area is 158 Å². The third kappa shape index (κ3) is 4.50. The van der Waals surface area contributed by atoms with Crippen molar-refractivity contribution in [2.45, 2.75) is 58.2 Å². The monoisotopic (exact) mass is 357 g/mol. The molecular weight excluding hydrogens is 322 g/mol. The summed E-state index contributed by atoms with van der Waals surface area (Å²) in [5.41, 5.74) is 2.87. The number of aliphatic imine (C=N–C) groups is 1. The van der Waals surface area contributed by atoms with Crippen molar-refractivity contribution in [1.82, 2.24) is 15.5 Å². The number of hydrogen-bond donors (Lipinski definition) is 2. The number of para-hydroxylation sites is 1. The molecule has 1 atom stereocenters. The normalized spacial score (nSPS) is 20.3. The van der Waals surface area contributed by atoms with E-state index in [4.69, 9.17) is 0 Å². The zero-order valence-electron chi connectivity index (χ0n) is 16.8. The zero-order chi connectivity index (χ0) is 18.5. The lowest BCUT2D eigenvalue weighted by Crippen LogP contribution is -2.51. The molecule has 0 saturated carbocycles. The molecule has 3 rings (SSSR count). The van der Waals surface area contributed by atoms with Crippen LogP contribution in [0.2, 0.25) is 0 Å². The molecule has 2 heterocycles. The number of fused-ring (bicyclic) bond motifs is 1. The topological polar surface area (TPSA) is 42.9 Å². The van der Waals surface area contributed by atoms with E-state index in [1.165, 1.54) is 37.2 Å². The van der Waals surface area contributed by atoms with E-state index >= 15 is 0 Å². The molecule has 1 aromatic rings. The Morgan fingerprint density at radius 1 is 1.15 bits per heavy atom. The third-order valence-corrected chi connectivity index (χ3v) is 5.84. The van der Waals surface area contributed by atoms with Gasteiger partial charge in [0.2, 0.25) is 0 Å². The van der Waals surface area contributed by atoms with Crippen molar-refractivity contribution in [3.63, 3.8) is 0 Å². The molecule has 0 radical (unpaired) electrons.